The first-order chi connectivity index (χ1) is 4.88. The lowest BCUT2D eigenvalue weighted by Gasteiger charge is -1.96. The van der Waals surface area contributed by atoms with E-state index in [1.807, 2.05) is 9.85 Å². The van der Waals surface area contributed by atoms with Crippen LogP contribution in [-0.2, 0) is 0 Å². The third-order valence-electron chi connectivity index (χ3n) is 1.77. The molecule has 0 aliphatic heterocycles. The minimum atomic E-state index is 1.35. The summed E-state index contributed by atoms with van der Waals surface area (Å²) in [5, 5.41) is 1.40. The molecular weight excluding hydrogens is 136 g/mol. The fourth-order valence-corrected chi connectivity index (χ4v) is 1.65. The molecule has 0 radical (unpaired) electrons. The van der Waals surface area contributed by atoms with E-state index in [4.69, 9.17) is 0 Å². The van der Waals surface area contributed by atoms with Gasteiger partial charge in [-0.25, -0.2) is 0 Å². The van der Waals surface area contributed by atoms with Crippen molar-refractivity contribution in [2.24, 2.45) is 0 Å². The first-order valence-corrected chi connectivity index (χ1v) is 4.05. The lowest BCUT2D eigenvalue weighted by atomic mass is 10.1. The van der Waals surface area contributed by atoms with E-state index in [1.165, 1.54) is 16.3 Å². The van der Waals surface area contributed by atoms with Crippen molar-refractivity contribution in [1.29, 1.82) is 0 Å². The van der Waals surface area contributed by atoms with Crippen LogP contribution in [0.15, 0.2) is 30.3 Å². The molecule has 0 spiro atoms. The lowest BCUT2D eigenvalue weighted by molar-refractivity contribution is 1.65. The monoisotopic (exact) mass is 144 g/mol. The molecule has 48 valence electrons. The van der Waals surface area contributed by atoms with Crippen LogP contribution < -0.4 is 0 Å². The van der Waals surface area contributed by atoms with E-state index in [0.29, 0.717) is 0 Å². The number of hydrogen-bond donors (Lipinski definition) is 0. The fourth-order valence-electron chi connectivity index (χ4n) is 1.21. The predicted octanol–water partition coefficient (Wildman–Crippen LogP) is 0.867. The molecule has 0 heterocycles. The van der Waals surface area contributed by atoms with Crippen molar-refractivity contribution < 1.29 is 0 Å². The average molecular weight is 144 g/mol. The highest BCUT2D eigenvalue weighted by molar-refractivity contribution is 6.50. The number of rotatable bonds is 0. The van der Waals surface area contributed by atoms with Gasteiger partial charge in [0.1, 0.15) is 0 Å². The van der Waals surface area contributed by atoms with Crippen LogP contribution in [0.2, 0.25) is 0 Å². The number of benzene rings is 1. The average Bonchev–Trinajstić information content (AvgIpc) is 2.34. The van der Waals surface area contributed by atoms with Crippen LogP contribution in [0.4, 0.5) is 0 Å². The third-order valence-corrected chi connectivity index (χ3v) is 2.39. The summed E-state index contributed by atoms with van der Waals surface area (Å²) < 4.78 is 0. The Bertz CT molecular complexity index is 310. The Morgan fingerprint density at radius 1 is 1.00 bits per heavy atom. The van der Waals surface area contributed by atoms with Gasteiger partial charge in [-0.15, -0.1) is 0 Å². The number of allylic oxidation sites excluding steroid dienone is 1. The Kier molecular flexibility index (Phi) is 1.18. The van der Waals surface area contributed by atoms with Crippen LogP contribution in [0.3, 0.4) is 0 Å². The number of fused-ring (bicyclic) bond motifs is 1. The maximum absolute atomic E-state index is 2.17. The Balaban J connectivity index is 2.70. The summed E-state index contributed by atoms with van der Waals surface area (Å²) in [6, 6.07) is 8.47. The SMILES string of the molecule is [SiH2]=C1C=Cc2ccccc21. The van der Waals surface area contributed by atoms with Crippen molar-refractivity contribution in [2.45, 2.75) is 0 Å². The summed E-state index contributed by atoms with van der Waals surface area (Å²) >= 11 is 0. The minimum absolute atomic E-state index is 1.35. The van der Waals surface area contributed by atoms with Crippen molar-refractivity contribution >= 4 is 21.1 Å². The second-order valence-electron chi connectivity index (χ2n) is 2.45. The molecule has 1 aromatic rings. The maximum Gasteiger partial charge on any atom is -0.0131 e. The lowest BCUT2D eigenvalue weighted by Crippen LogP contribution is -1.91. The summed E-state index contributed by atoms with van der Waals surface area (Å²) in [5.74, 6) is 0. The Morgan fingerprint density at radius 3 is 2.60 bits per heavy atom. The van der Waals surface area contributed by atoms with Crippen LogP contribution in [0.1, 0.15) is 11.1 Å². The highest BCUT2D eigenvalue weighted by Crippen LogP contribution is 2.17. The standard InChI is InChI=1S/C9H8Si/c10-9-6-5-7-3-1-2-4-8(7)9/h1-6H,10H2. The molecule has 0 fully saturated rings. The van der Waals surface area contributed by atoms with Crippen molar-refractivity contribution in [3.8, 4) is 0 Å². The van der Waals surface area contributed by atoms with E-state index in [-0.39, 0.29) is 0 Å². The van der Waals surface area contributed by atoms with Crippen molar-refractivity contribution in [3.05, 3.63) is 41.5 Å². The second kappa shape index (κ2) is 2.03. The predicted molar refractivity (Wildman–Crippen MR) is 48.1 cm³/mol. The summed E-state index contributed by atoms with van der Waals surface area (Å²) in [6.45, 7) is 0. The van der Waals surface area contributed by atoms with Gasteiger partial charge in [-0.05, 0) is 26.2 Å². The number of hydrogen-bond acceptors (Lipinski definition) is 0. The molecule has 0 saturated heterocycles. The van der Waals surface area contributed by atoms with E-state index in [0.717, 1.165) is 0 Å². The Labute approximate surface area is 63.2 Å². The summed E-state index contributed by atoms with van der Waals surface area (Å²) in [7, 11) is 1.94. The smallest absolute Gasteiger partial charge is 0.0131 e. The molecule has 0 aromatic heterocycles. The van der Waals surface area contributed by atoms with E-state index >= 15 is 0 Å². The highest BCUT2D eigenvalue weighted by atomic mass is 28.1. The topological polar surface area (TPSA) is 0 Å². The first-order valence-electron chi connectivity index (χ1n) is 3.34. The van der Waals surface area contributed by atoms with Crippen molar-refractivity contribution in [3.63, 3.8) is 0 Å². The molecule has 0 unspecified atom stereocenters. The van der Waals surface area contributed by atoms with Gasteiger partial charge in [-0.2, -0.15) is 0 Å². The zero-order chi connectivity index (χ0) is 6.97. The summed E-state index contributed by atoms with van der Waals surface area (Å²) in [4.78, 5) is 0. The molecule has 0 N–H and O–H groups in total. The Hall–Kier alpha value is -0.953. The molecule has 0 nitrogen and oxygen atoms in total. The summed E-state index contributed by atoms with van der Waals surface area (Å²) in [6.07, 6.45) is 4.33. The van der Waals surface area contributed by atoms with Crippen molar-refractivity contribution in [1.82, 2.24) is 0 Å². The van der Waals surface area contributed by atoms with Gasteiger partial charge in [0.05, 0.1) is 0 Å². The molecule has 2 rings (SSSR count). The zero-order valence-electron chi connectivity index (χ0n) is 5.67. The molecule has 1 heteroatoms. The molecule has 1 aromatic carbocycles. The van der Waals surface area contributed by atoms with Gasteiger partial charge in [-0.1, -0.05) is 36.4 Å². The van der Waals surface area contributed by atoms with Gasteiger partial charge in [0.2, 0.25) is 0 Å². The van der Waals surface area contributed by atoms with E-state index in [1.54, 1.807) is 0 Å². The molecule has 0 saturated carbocycles. The Morgan fingerprint density at radius 2 is 1.80 bits per heavy atom. The fraction of sp³-hybridized carbons (Fsp3) is 0. The van der Waals surface area contributed by atoms with Crippen LogP contribution >= 0.6 is 0 Å². The van der Waals surface area contributed by atoms with E-state index < -0.39 is 0 Å². The quantitative estimate of drug-likeness (QED) is 0.474. The van der Waals surface area contributed by atoms with Gasteiger partial charge in [0.25, 0.3) is 0 Å². The maximum atomic E-state index is 2.17. The van der Waals surface area contributed by atoms with Crippen LogP contribution in [0, 0.1) is 0 Å². The zero-order valence-corrected chi connectivity index (χ0v) is 7.09. The van der Waals surface area contributed by atoms with Crippen LogP contribution in [0.5, 0.6) is 0 Å². The van der Waals surface area contributed by atoms with Crippen LogP contribution in [0.25, 0.3) is 6.08 Å². The van der Waals surface area contributed by atoms with Crippen LogP contribution in [-0.4, -0.2) is 15.0 Å². The largest absolute Gasteiger partial charge is 0.0616 e. The van der Waals surface area contributed by atoms with Gasteiger partial charge in [0, 0.05) is 0 Å². The normalized spacial score (nSPS) is 13.8. The molecular formula is C9H8Si. The molecule has 0 atom stereocenters. The highest BCUT2D eigenvalue weighted by Gasteiger charge is 2.04. The molecule has 10 heavy (non-hydrogen) atoms. The van der Waals surface area contributed by atoms with E-state index in [9.17, 15) is 0 Å². The molecule has 0 amide bonds. The summed E-state index contributed by atoms with van der Waals surface area (Å²) in [5.41, 5.74) is 2.74. The third kappa shape index (κ3) is 0.710. The molecule has 1 aliphatic rings. The first kappa shape index (κ1) is 5.80. The van der Waals surface area contributed by atoms with Gasteiger partial charge >= 0.3 is 0 Å². The van der Waals surface area contributed by atoms with Gasteiger partial charge in [-0.3, -0.25) is 0 Å². The van der Waals surface area contributed by atoms with E-state index in [2.05, 4.69) is 36.4 Å². The molecule has 1 aliphatic carbocycles. The minimum Gasteiger partial charge on any atom is -0.0616 e. The van der Waals surface area contributed by atoms with Gasteiger partial charge in [0.15, 0.2) is 0 Å². The van der Waals surface area contributed by atoms with Crippen molar-refractivity contribution in [2.75, 3.05) is 0 Å². The molecule has 0 bridgehead atoms. The second-order valence-corrected chi connectivity index (χ2v) is 3.21. The van der Waals surface area contributed by atoms with Gasteiger partial charge < -0.3 is 0 Å².